The van der Waals surface area contributed by atoms with Gasteiger partial charge in [0.15, 0.2) is 0 Å². The van der Waals surface area contributed by atoms with Gasteiger partial charge in [0.2, 0.25) is 0 Å². The van der Waals surface area contributed by atoms with Crippen molar-refractivity contribution < 1.29 is 4.92 Å². The van der Waals surface area contributed by atoms with Gasteiger partial charge in [0.25, 0.3) is 11.2 Å². The third-order valence-corrected chi connectivity index (χ3v) is 1.53. The number of nitrogens with zero attached hydrogens (tertiary/aromatic N) is 4. The number of pyridine rings is 1. The van der Waals surface area contributed by atoms with E-state index in [1.54, 1.807) is 0 Å². The van der Waals surface area contributed by atoms with E-state index in [4.69, 9.17) is 5.53 Å². The zero-order valence-corrected chi connectivity index (χ0v) is 7.88. The molecule has 1 heterocycles. The molecule has 0 aliphatic rings. The van der Waals surface area contributed by atoms with Crippen molar-refractivity contribution in [2.45, 2.75) is 0 Å². The summed E-state index contributed by atoms with van der Waals surface area (Å²) in [6.07, 6.45) is 0.987. The van der Waals surface area contributed by atoms with Crippen LogP contribution in [0.4, 0.5) is 5.69 Å². The standard InChI is InChI=1S/C8H5N5O3/c9-12-11-3-1-2-6-4-7(13(15)16)5-10-8(6)14/h4-5H,3H2,(H,10,14). The number of azide groups is 1. The van der Waals surface area contributed by atoms with Crippen molar-refractivity contribution in [2.75, 3.05) is 6.54 Å². The lowest BCUT2D eigenvalue weighted by Gasteiger charge is -1.91. The van der Waals surface area contributed by atoms with Gasteiger partial charge in [0.05, 0.1) is 23.2 Å². The van der Waals surface area contributed by atoms with Gasteiger partial charge < -0.3 is 4.98 Å². The van der Waals surface area contributed by atoms with Crippen LogP contribution in [0, 0.1) is 22.0 Å². The molecule has 0 aliphatic heterocycles. The van der Waals surface area contributed by atoms with Crippen LogP contribution in [-0.4, -0.2) is 16.5 Å². The molecule has 8 nitrogen and oxygen atoms in total. The molecule has 0 saturated carbocycles. The van der Waals surface area contributed by atoms with Gasteiger partial charge in [-0.25, -0.2) is 0 Å². The van der Waals surface area contributed by atoms with E-state index in [1.165, 1.54) is 0 Å². The van der Waals surface area contributed by atoms with Crippen molar-refractivity contribution in [1.29, 1.82) is 0 Å². The highest BCUT2D eigenvalue weighted by molar-refractivity contribution is 5.40. The van der Waals surface area contributed by atoms with E-state index < -0.39 is 10.5 Å². The van der Waals surface area contributed by atoms with Crippen LogP contribution < -0.4 is 5.56 Å². The fraction of sp³-hybridized carbons (Fsp3) is 0.125. The molecule has 1 aromatic rings. The molecular formula is C8H5N5O3. The summed E-state index contributed by atoms with van der Waals surface area (Å²) < 4.78 is 0. The molecule has 0 aliphatic carbocycles. The topological polar surface area (TPSA) is 125 Å². The third-order valence-electron chi connectivity index (χ3n) is 1.53. The highest BCUT2D eigenvalue weighted by Crippen LogP contribution is 2.06. The fourth-order valence-corrected chi connectivity index (χ4v) is 0.872. The van der Waals surface area contributed by atoms with Gasteiger partial charge in [-0.2, -0.15) is 0 Å². The van der Waals surface area contributed by atoms with E-state index in [2.05, 4.69) is 26.9 Å². The molecule has 0 atom stereocenters. The maximum Gasteiger partial charge on any atom is 0.286 e. The van der Waals surface area contributed by atoms with Crippen molar-refractivity contribution in [2.24, 2.45) is 5.11 Å². The lowest BCUT2D eigenvalue weighted by Crippen LogP contribution is -2.09. The normalized spacial score (nSPS) is 8.50. The summed E-state index contributed by atoms with van der Waals surface area (Å²) in [5, 5.41) is 13.5. The average Bonchev–Trinajstić information content (AvgIpc) is 2.26. The fourth-order valence-electron chi connectivity index (χ4n) is 0.872. The minimum atomic E-state index is -0.644. The SMILES string of the molecule is [N-]=[N+]=NCC#Cc1cc([N+](=O)[O-])c[nH]c1=O. The Hall–Kier alpha value is -2.78. The predicted octanol–water partition coefficient (Wildman–Crippen LogP) is 0.945. The molecule has 0 unspecified atom stereocenters. The number of hydrogen-bond acceptors (Lipinski definition) is 4. The molecule has 0 aromatic carbocycles. The summed E-state index contributed by atoms with van der Waals surface area (Å²) >= 11 is 0. The predicted molar refractivity (Wildman–Crippen MR) is 54.6 cm³/mol. The second-order valence-electron chi connectivity index (χ2n) is 2.55. The molecule has 1 N–H and O–H groups in total. The lowest BCUT2D eigenvalue weighted by atomic mass is 10.2. The van der Waals surface area contributed by atoms with E-state index in [9.17, 15) is 14.9 Å². The molecule has 0 amide bonds. The number of hydrogen-bond donors (Lipinski definition) is 1. The average molecular weight is 219 g/mol. The van der Waals surface area contributed by atoms with E-state index in [0.717, 1.165) is 12.3 Å². The molecule has 80 valence electrons. The number of aromatic nitrogens is 1. The van der Waals surface area contributed by atoms with E-state index in [0.29, 0.717) is 0 Å². The summed E-state index contributed by atoms with van der Waals surface area (Å²) in [7, 11) is 0. The van der Waals surface area contributed by atoms with Crippen molar-refractivity contribution in [3.8, 4) is 11.8 Å². The molecule has 0 radical (unpaired) electrons. The minimum absolute atomic E-state index is 0.0395. The summed E-state index contributed by atoms with van der Waals surface area (Å²) in [5.41, 5.74) is 7.14. The molecule has 8 heteroatoms. The first kappa shape index (κ1) is 11.3. The quantitative estimate of drug-likeness (QED) is 0.198. The van der Waals surface area contributed by atoms with Crippen LogP contribution in [0.5, 0.6) is 0 Å². The van der Waals surface area contributed by atoms with Gasteiger partial charge in [-0.1, -0.05) is 17.0 Å². The molecule has 1 aromatic heterocycles. The molecular weight excluding hydrogens is 214 g/mol. The molecule has 0 spiro atoms. The number of aromatic amines is 1. The first-order chi connectivity index (χ1) is 7.65. The first-order valence-electron chi connectivity index (χ1n) is 4.02. The van der Waals surface area contributed by atoms with Crippen LogP contribution >= 0.6 is 0 Å². The molecule has 1 rings (SSSR count). The van der Waals surface area contributed by atoms with E-state index >= 15 is 0 Å². The zero-order valence-electron chi connectivity index (χ0n) is 7.88. The van der Waals surface area contributed by atoms with Crippen molar-refractivity contribution in [3.05, 3.63) is 48.7 Å². The Morgan fingerprint density at radius 3 is 3.06 bits per heavy atom. The number of rotatable bonds is 2. The van der Waals surface area contributed by atoms with Crippen molar-refractivity contribution in [3.63, 3.8) is 0 Å². The number of H-pyrrole nitrogens is 1. The Morgan fingerprint density at radius 1 is 1.69 bits per heavy atom. The molecule has 16 heavy (non-hydrogen) atoms. The monoisotopic (exact) mass is 219 g/mol. The summed E-state index contributed by atoms with van der Waals surface area (Å²) in [6.45, 7) is -0.0986. The Labute approximate surface area is 88.7 Å². The van der Waals surface area contributed by atoms with Crippen LogP contribution in [0.25, 0.3) is 10.4 Å². The Morgan fingerprint density at radius 2 is 2.44 bits per heavy atom. The van der Waals surface area contributed by atoms with Crippen LogP contribution in [0.2, 0.25) is 0 Å². The zero-order chi connectivity index (χ0) is 12.0. The smallest absolute Gasteiger partial charge is 0.286 e. The lowest BCUT2D eigenvalue weighted by molar-refractivity contribution is -0.385. The minimum Gasteiger partial charge on any atom is -0.322 e. The van der Waals surface area contributed by atoms with Gasteiger partial charge in [-0.3, -0.25) is 14.9 Å². The number of nitrogens with one attached hydrogen (secondary N) is 1. The second-order valence-corrected chi connectivity index (χ2v) is 2.55. The second kappa shape index (κ2) is 5.19. The molecule has 0 fully saturated rings. The van der Waals surface area contributed by atoms with Gasteiger partial charge in [-0.15, -0.1) is 0 Å². The Kier molecular flexibility index (Phi) is 3.66. The highest BCUT2D eigenvalue weighted by atomic mass is 16.6. The summed E-state index contributed by atoms with van der Waals surface area (Å²) in [5.74, 6) is 4.78. The van der Waals surface area contributed by atoms with Crippen LogP contribution in [0.1, 0.15) is 5.56 Å². The third kappa shape index (κ3) is 2.87. The Bertz CT molecular complexity index is 573. The maximum atomic E-state index is 11.2. The highest BCUT2D eigenvalue weighted by Gasteiger charge is 2.07. The first-order valence-corrected chi connectivity index (χ1v) is 4.02. The van der Waals surface area contributed by atoms with Crippen molar-refractivity contribution in [1.82, 2.24) is 4.98 Å². The van der Waals surface area contributed by atoms with Gasteiger partial charge in [0, 0.05) is 11.0 Å². The van der Waals surface area contributed by atoms with Crippen LogP contribution in [0.15, 0.2) is 22.2 Å². The molecule has 0 saturated heterocycles. The Balaban J connectivity index is 3.06. The van der Waals surface area contributed by atoms with Gasteiger partial charge in [-0.05, 0) is 5.53 Å². The van der Waals surface area contributed by atoms with E-state index in [1.807, 2.05) is 0 Å². The largest absolute Gasteiger partial charge is 0.322 e. The maximum absolute atomic E-state index is 11.2. The van der Waals surface area contributed by atoms with Crippen LogP contribution in [-0.2, 0) is 0 Å². The van der Waals surface area contributed by atoms with Crippen molar-refractivity contribution >= 4 is 5.69 Å². The van der Waals surface area contributed by atoms with E-state index in [-0.39, 0.29) is 17.8 Å². The molecule has 0 bridgehead atoms. The van der Waals surface area contributed by atoms with Crippen LogP contribution in [0.3, 0.4) is 0 Å². The summed E-state index contributed by atoms with van der Waals surface area (Å²) in [6, 6.07) is 1.06. The summed E-state index contributed by atoms with van der Waals surface area (Å²) in [4.78, 5) is 25.6. The van der Waals surface area contributed by atoms with Gasteiger partial charge >= 0.3 is 0 Å². The van der Waals surface area contributed by atoms with Gasteiger partial charge in [0.1, 0.15) is 0 Å². The number of nitro groups is 1.